The molecule has 136 valence electrons. The molecule has 5 heteroatoms. The van der Waals surface area contributed by atoms with Gasteiger partial charge in [-0.3, -0.25) is 9.59 Å². The highest BCUT2D eigenvalue weighted by molar-refractivity contribution is 6.03. The van der Waals surface area contributed by atoms with E-state index in [1.54, 1.807) is 30.0 Å². The van der Waals surface area contributed by atoms with Crippen LogP contribution in [0, 0.1) is 18.7 Å². The summed E-state index contributed by atoms with van der Waals surface area (Å²) in [5, 5.41) is 2.77. The summed E-state index contributed by atoms with van der Waals surface area (Å²) in [6.07, 6.45) is 0.542. The first kappa shape index (κ1) is 18.1. The van der Waals surface area contributed by atoms with Gasteiger partial charge in [-0.2, -0.15) is 0 Å². The summed E-state index contributed by atoms with van der Waals surface area (Å²) >= 11 is 0. The monoisotopic (exact) mass is 354 g/mol. The average Bonchev–Trinajstić information content (AvgIpc) is 2.93. The number of anilines is 1. The summed E-state index contributed by atoms with van der Waals surface area (Å²) in [7, 11) is 0. The van der Waals surface area contributed by atoms with Crippen molar-refractivity contribution in [2.24, 2.45) is 5.92 Å². The lowest BCUT2D eigenvalue weighted by atomic mass is 10.0. The normalized spacial score (nSPS) is 14.5. The highest BCUT2D eigenvalue weighted by atomic mass is 19.1. The number of fused-ring (bicyclic) bond motifs is 1. The molecule has 4 nitrogen and oxygen atoms in total. The molecule has 0 aromatic heterocycles. The third kappa shape index (κ3) is 3.62. The predicted molar refractivity (Wildman–Crippen MR) is 99.3 cm³/mol. The number of nitrogens with zero attached hydrogens (tertiary/aromatic N) is 1. The van der Waals surface area contributed by atoms with Crippen molar-refractivity contribution in [2.45, 2.75) is 39.8 Å². The molecule has 1 N–H and O–H groups in total. The molecule has 2 amide bonds. The van der Waals surface area contributed by atoms with Crippen molar-refractivity contribution < 1.29 is 14.0 Å². The Kier molecular flexibility index (Phi) is 5.07. The lowest BCUT2D eigenvalue weighted by Gasteiger charge is -2.28. The van der Waals surface area contributed by atoms with E-state index in [0.717, 1.165) is 5.56 Å². The zero-order chi connectivity index (χ0) is 18.8. The van der Waals surface area contributed by atoms with Gasteiger partial charge in [0.15, 0.2) is 0 Å². The van der Waals surface area contributed by atoms with E-state index in [9.17, 15) is 14.0 Å². The second-order valence-electron chi connectivity index (χ2n) is 7.19. The standard InChI is InChI=1S/C21H23FN2O2/c1-13(2)10-19(20(25)23-16-9-8-14(3)18(22)11-16)24-12-15-6-4-5-7-17(15)21(24)26/h4-9,11,13,19H,10,12H2,1-3H3,(H,23,25)/t19-/m0/s1. The van der Waals surface area contributed by atoms with Crippen LogP contribution >= 0.6 is 0 Å². The molecule has 0 bridgehead atoms. The molecule has 1 atom stereocenters. The summed E-state index contributed by atoms with van der Waals surface area (Å²) in [4.78, 5) is 27.3. The Bertz CT molecular complexity index is 848. The van der Waals surface area contributed by atoms with Crippen LogP contribution in [0.2, 0.25) is 0 Å². The number of benzene rings is 2. The fraction of sp³-hybridized carbons (Fsp3) is 0.333. The van der Waals surface area contributed by atoms with E-state index in [2.05, 4.69) is 5.32 Å². The first-order valence-corrected chi connectivity index (χ1v) is 8.82. The highest BCUT2D eigenvalue weighted by Crippen LogP contribution is 2.27. The molecule has 2 aromatic carbocycles. The molecule has 1 heterocycles. The quantitative estimate of drug-likeness (QED) is 0.877. The number of nitrogens with one attached hydrogen (secondary N) is 1. The number of hydrogen-bond donors (Lipinski definition) is 1. The maximum atomic E-state index is 13.8. The Morgan fingerprint density at radius 2 is 1.96 bits per heavy atom. The van der Waals surface area contributed by atoms with Crippen LogP contribution in [0.5, 0.6) is 0 Å². The Labute approximate surface area is 153 Å². The Hall–Kier alpha value is -2.69. The van der Waals surface area contributed by atoms with Crippen molar-refractivity contribution in [3.8, 4) is 0 Å². The van der Waals surface area contributed by atoms with Crippen LogP contribution in [-0.2, 0) is 11.3 Å². The molecule has 0 spiro atoms. The second kappa shape index (κ2) is 7.28. The van der Waals surface area contributed by atoms with Gasteiger partial charge < -0.3 is 10.2 Å². The molecule has 2 aromatic rings. The van der Waals surface area contributed by atoms with Gasteiger partial charge in [-0.1, -0.05) is 38.1 Å². The molecule has 0 fully saturated rings. The minimum Gasteiger partial charge on any atom is -0.324 e. The molecule has 0 saturated heterocycles. The molecule has 3 rings (SSSR count). The van der Waals surface area contributed by atoms with Crippen molar-refractivity contribution in [3.63, 3.8) is 0 Å². The summed E-state index contributed by atoms with van der Waals surface area (Å²) in [6.45, 7) is 6.11. The van der Waals surface area contributed by atoms with Crippen LogP contribution in [-0.4, -0.2) is 22.8 Å². The zero-order valence-electron chi connectivity index (χ0n) is 15.3. The van der Waals surface area contributed by atoms with E-state index in [1.165, 1.54) is 6.07 Å². The minimum atomic E-state index is -0.598. The Morgan fingerprint density at radius 3 is 2.62 bits per heavy atom. The largest absolute Gasteiger partial charge is 0.324 e. The van der Waals surface area contributed by atoms with Gasteiger partial charge >= 0.3 is 0 Å². The van der Waals surface area contributed by atoms with Crippen LogP contribution in [0.1, 0.15) is 41.8 Å². The topological polar surface area (TPSA) is 49.4 Å². The van der Waals surface area contributed by atoms with Crippen molar-refractivity contribution in [1.82, 2.24) is 4.90 Å². The maximum Gasteiger partial charge on any atom is 0.255 e. The number of aryl methyl sites for hydroxylation is 1. The fourth-order valence-corrected chi connectivity index (χ4v) is 3.25. The second-order valence-corrected chi connectivity index (χ2v) is 7.19. The third-order valence-corrected chi connectivity index (χ3v) is 4.66. The first-order valence-electron chi connectivity index (χ1n) is 8.82. The predicted octanol–water partition coefficient (Wildman–Crippen LogP) is 4.14. The number of amides is 2. The molecule has 26 heavy (non-hydrogen) atoms. The van der Waals surface area contributed by atoms with E-state index in [4.69, 9.17) is 0 Å². The van der Waals surface area contributed by atoms with Gasteiger partial charge in [-0.05, 0) is 48.6 Å². The van der Waals surface area contributed by atoms with Gasteiger partial charge in [-0.15, -0.1) is 0 Å². The number of halogens is 1. The SMILES string of the molecule is Cc1ccc(NC(=O)[C@H](CC(C)C)N2Cc3ccccc3C2=O)cc1F. The molecule has 1 aliphatic heterocycles. The van der Waals surface area contributed by atoms with Crippen molar-refractivity contribution >= 4 is 17.5 Å². The summed E-state index contributed by atoms with van der Waals surface area (Å²) in [5.74, 6) is -0.551. The van der Waals surface area contributed by atoms with Gasteiger partial charge in [0.05, 0.1) is 0 Å². The third-order valence-electron chi connectivity index (χ3n) is 4.66. The number of hydrogen-bond acceptors (Lipinski definition) is 2. The molecule has 0 aliphatic carbocycles. The first-order chi connectivity index (χ1) is 12.4. The molecule has 1 aliphatic rings. The molecule has 0 radical (unpaired) electrons. The average molecular weight is 354 g/mol. The number of rotatable bonds is 5. The van der Waals surface area contributed by atoms with Gasteiger partial charge in [0.1, 0.15) is 11.9 Å². The lowest BCUT2D eigenvalue weighted by molar-refractivity contribution is -0.121. The smallest absolute Gasteiger partial charge is 0.255 e. The van der Waals surface area contributed by atoms with Crippen molar-refractivity contribution in [3.05, 3.63) is 65.0 Å². The van der Waals surface area contributed by atoms with Gasteiger partial charge in [-0.25, -0.2) is 4.39 Å². The highest BCUT2D eigenvalue weighted by Gasteiger charge is 2.36. The lowest BCUT2D eigenvalue weighted by Crippen LogP contribution is -2.45. The number of carbonyl (C=O) groups excluding carboxylic acids is 2. The van der Waals surface area contributed by atoms with Crippen LogP contribution < -0.4 is 5.32 Å². The summed E-state index contributed by atoms with van der Waals surface area (Å²) in [5.41, 5.74) is 2.50. The van der Waals surface area contributed by atoms with Crippen LogP contribution in [0.25, 0.3) is 0 Å². The zero-order valence-corrected chi connectivity index (χ0v) is 15.3. The van der Waals surface area contributed by atoms with Gasteiger partial charge in [0.2, 0.25) is 5.91 Å². The Balaban J connectivity index is 1.83. The van der Waals surface area contributed by atoms with Crippen molar-refractivity contribution in [1.29, 1.82) is 0 Å². The molecule has 0 unspecified atom stereocenters. The van der Waals surface area contributed by atoms with E-state index in [0.29, 0.717) is 29.8 Å². The van der Waals surface area contributed by atoms with Crippen LogP contribution in [0.4, 0.5) is 10.1 Å². The fourth-order valence-electron chi connectivity index (χ4n) is 3.25. The van der Waals surface area contributed by atoms with Gasteiger partial charge in [0.25, 0.3) is 5.91 Å². The maximum absolute atomic E-state index is 13.8. The molecular formula is C21H23FN2O2. The Morgan fingerprint density at radius 1 is 1.23 bits per heavy atom. The summed E-state index contributed by atoms with van der Waals surface area (Å²) < 4.78 is 13.8. The van der Waals surface area contributed by atoms with E-state index in [1.807, 2.05) is 32.0 Å². The van der Waals surface area contributed by atoms with Crippen LogP contribution in [0.15, 0.2) is 42.5 Å². The van der Waals surface area contributed by atoms with E-state index in [-0.39, 0.29) is 23.5 Å². The minimum absolute atomic E-state index is 0.128. The molecule has 0 saturated carbocycles. The van der Waals surface area contributed by atoms with Crippen molar-refractivity contribution in [2.75, 3.05) is 5.32 Å². The van der Waals surface area contributed by atoms with Gasteiger partial charge in [0, 0.05) is 17.8 Å². The summed E-state index contributed by atoms with van der Waals surface area (Å²) in [6, 6.07) is 11.4. The van der Waals surface area contributed by atoms with E-state index >= 15 is 0 Å². The van der Waals surface area contributed by atoms with Crippen LogP contribution in [0.3, 0.4) is 0 Å². The number of carbonyl (C=O) groups is 2. The van der Waals surface area contributed by atoms with E-state index < -0.39 is 6.04 Å². The molecular weight excluding hydrogens is 331 g/mol.